The highest BCUT2D eigenvalue weighted by atomic mass is 16.7. The highest BCUT2D eigenvalue weighted by Crippen LogP contribution is 2.33. The van der Waals surface area contributed by atoms with Crippen molar-refractivity contribution in [3.05, 3.63) is 64.8 Å². The van der Waals surface area contributed by atoms with Crippen LogP contribution in [0.25, 0.3) is 22.3 Å². The van der Waals surface area contributed by atoms with Crippen LogP contribution in [-0.4, -0.2) is 57.7 Å². The van der Waals surface area contributed by atoms with Crippen LogP contribution in [0.15, 0.2) is 63.8 Å². The van der Waals surface area contributed by atoms with Crippen molar-refractivity contribution in [1.29, 1.82) is 0 Å². The Bertz CT molecular complexity index is 1050. The van der Waals surface area contributed by atoms with Crippen molar-refractivity contribution in [3.8, 4) is 17.1 Å². The van der Waals surface area contributed by atoms with E-state index in [-0.39, 0.29) is 16.9 Å². The van der Waals surface area contributed by atoms with Gasteiger partial charge in [-0.15, -0.1) is 0 Å². The first-order valence-electron chi connectivity index (χ1n) is 9.09. The molecule has 1 aromatic heterocycles. The third-order valence-electron chi connectivity index (χ3n) is 4.87. The second kappa shape index (κ2) is 7.94. The third kappa shape index (κ3) is 3.52. The van der Waals surface area contributed by atoms with E-state index in [1.54, 1.807) is 54.6 Å². The molecule has 5 unspecified atom stereocenters. The molecule has 1 aliphatic heterocycles. The normalized spacial score (nSPS) is 27.1. The summed E-state index contributed by atoms with van der Waals surface area (Å²) in [5.74, 6) is -0.0783. The summed E-state index contributed by atoms with van der Waals surface area (Å²) in [6, 6.07) is 15.4. The Morgan fingerprint density at radius 3 is 2.31 bits per heavy atom. The Morgan fingerprint density at radius 2 is 1.59 bits per heavy atom. The Kier molecular flexibility index (Phi) is 5.35. The van der Waals surface area contributed by atoms with Gasteiger partial charge in [-0.1, -0.05) is 42.5 Å². The predicted molar refractivity (Wildman–Crippen MR) is 102 cm³/mol. The highest BCUT2D eigenvalue weighted by Gasteiger charge is 2.45. The molecule has 4 N–H and O–H groups in total. The Morgan fingerprint density at radius 1 is 0.897 bits per heavy atom. The van der Waals surface area contributed by atoms with Crippen molar-refractivity contribution in [2.24, 2.45) is 0 Å². The molecule has 8 nitrogen and oxygen atoms in total. The summed E-state index contributed by atoms with van der Waals surface area (Å²) in [6.45, 7) is -0.608. The molecule has 1 saturated heterocycles. The fourth-order valence-corrected chi connectivity index (χ4v) is 3.29. The maximum atomic E-state index is 13.1. The fraction of sp³-hybridized carbons (Fsp3) is 0.286. The number of para-hydroxylation sites is 1. The van der Waals surface area contributed by atoms with Crippen molar-refractivity contribution in [2.75, 3.05) is 6.61 Å². The van der Waals surface area contributed by atoms with E-state index in [1.807, 2.05) is 0 Å². The number of hydrogen-bond acceptors (Lipinski definition) is 8. The molecule has 0 bridgehead atoms. The molecule has 2 heterocycles. The van der Waals surface area contributed by atoms with E-state index in [2.05, 4.69) is 0 Å². The molecule has 2 aromatic carbocycles. The Labute approximate surface area is 165 Å². The Hall–Kier alpha value is -2.75. The smallest absolute Gasteiger partial charge is 0.235 e. The van der Waals surface area contributed by atoms with E-state index < -0.39 is 42.7 Å². The third-order valence-corrected chi connectivity index (χ3v) is 4.87. The standard InChI is InChI=1S/C21H20O8/c22-10-14-16(24)17(25)18(26)21(28-14)29-20-15(23)12-8-4-5-9-13(12)27-19(20)11-6-2-1-3-7-11/h1-9,14,16-18,21-22,24-26H,10H2. The number of hydrogen-bond donors (Lipinski definition) is 4. The number of benzene rings is 2. The molecular formula is C21H20O8. The number of aliphatic hydroxyl groups is 4. The van der Waals surface area contributed by atoms with Crippen molar-refractivity contribution in [3.63, 3.8) is 0 Å². The molecule has 1 aliphatic rings. The summed E-state index contributed by atoms with van der Waals surface area (Å²) < 4.78 is 17.0. The molecule has 8 heteroatoms. The van der Waals surface area contributed by atoms with E-state index in [1.165, 1.54) is 0 Å². The zero-order valence-corrected chi connectivity index (χ0v) is 15.2. The van der Waals surface area contributed by atoms with Gasteiger partial charge in [0.25, 0.3) is 0 Å². The van der Waals surface area contributed by atoms with Gasteiger partial charge in [-0.25, -0.2) is 0 Å². The second-order valence-corrected chi connectivity index (χ2v) is 6.77. The highest BCUT2D eigenvalue weighted by molar-refractivity contribution is 5.81. The summed E-state index contributed by atoms with van der Waals surface area (Å²) in [6.07, 6.45) is -7.47. The van der Waals surface area contributed by atoms with Gasteiger partial charge in [-0.2, -0.15) is 0 Å². The van der Waals surface area contributed by atoms with Crippen LogP contribution in [0.4, 0.5) is 0 Å². The maximum absolute atomic E-state index is 13.1. The van der Waals surface area contributed by atoms with Gasteiger partial charge in [-0.3, -0.25) is 4.79 Å². The molecule has 0 aliphatic carbocycles. The molecule has 4 rings (SSSR count). The van der Waals surface area contributed by atoms with Crippen LogP contribution in [0.1, 0.15) is 0 Å². The van der Waals surface area contributed by atoms with Crippen molar-refractivity contribution in [2.45, 2.75) is 30.7 Å². The zero-order chi connectivity index (χ0) is 20.5. The van der Waals surface area contributed by atoms with Crippen molar-refractivity contribution >= 4 is 11.0 Å². The summed E-state index contributed by atoms with van der Waals surface area (Å²) in [5.41, 5.74) is 0.440. The summed E-state index contributed by atoms with van der Waals surface area (Å²) >= 11 is 0. The van der Waals surface area contributed by atoms with Gasteiger partial charge >= 0.3 is 0 Å². The molecule has 0 saturated carbocycles. The lowest BCUT2D eigenvalue weighted by Gasteiger charge is -2.39. The van der Waals surface area contributed by atoms with Crippen LogP contribution in [0, 0.1) is 0 Å². The minimum absolute atomic E-state index is 0.131. The van der Waals surface area contributed by atoms with Crippen LogP contribution < -0.4 is 10.2 Å². The van der Waals surface area contributed by atoms with Gasteiger partial charge in [-0.05, 0) is 12.1 Å². The van der Waals surface area contributed by atoms with Crippen LogP contribution >= 0.6 is 0 Å². The van der Waals surface area contributed by atoms with E-state index >= 15 is 0 Å². The second-order valence-electron chi connectivity index (χ2n) is 6.77. The summed E-state index contributed by atoms with van der Waals surface area (Å²) in [5, 5.41) is 39.8. The fourth-order valence-electron chi connectivity index (χ4n) is 3.29. The first-order chi connectivity index (χ1) is 14.0. The van der Waals surface area contributed by atoms with Crippen LogP contribution in [0.5, 0.6) is 5.75 Å². The van der Waals surface area contributed by atoms with Gasteiger partial charge in [0.05, 0.1) is 12.0 Å². The van der Waals surface area contributed by atoms with Gasteiger partial charge in [0.1, 0.15) is 30.0 Å². The van der Waals surface area contributed by atoms with Crippen LogP contribution in [-0.2, 0) is 4.74 Å². The molecule has 0 radical (unpaired) electrons. The monoisotopic (exact) mass is 400 g/mol. The predicted octanol–water partition coefficient (Wildman–Crippen LogP) is 0.639. The topological polar surface area (TPSA) is 130 Å². The summed E-state index contributed by atoms with van der Waals surface area (Å²) in [7, 11) is 0. The van der Waals surface area contributed by atoms with E-state index in [9.17, 15) is 25.2 Å². The maximum Gasteiger partial charge on any atom is 0.235 e. The number of aliphatic hydroxyl groups excluding tert-OH is 4. The molecule has 1 fully saturated rings. The van der Waals surface area contributed by atoms with Gasteiger partial charge < -0.3 is 34.3 Å². The van der Waals surface area contributed by atoms with Crippen LogP contribution in [0.2, 0.25) is 0 Å². The first-order valence-corrected chi connectivity index (χ1v) is 9.09. The first kappa shape index (κ1) is 19.6. The summed E-state index contributed by atoms with van der Waals surface area (Å²) in [4.78, 5) is 13.1. The zero-order valence-electron chi connectivity index (χ0n) is 15.2. The van der Waals surface area contributed by atoms with Gasteiger partial charge in [0.2, 0.25) is 17.5 Å². The number of fused-ring (bicyclic) bond motifs is 1. The van der Waals surface area contributed by atoms with E-state index in [0.717, 1.165) is 0 Å². The number of rotatable bonds is 4. The van der Waals surface area contributed by atoms with E-state index in [4.69, 9.17) is 13.9 Å². The largest absolute Gasteiger partial charge is 0.454 e. The molecule has 0 spiro atoms. The van der Waals surface area contributed by atoms with Crippen LogP contribution in [0.3, 0.4) is 0 Å². The molecule has 3 aromatic rings. The molecule has 152 valence electrons. The van der Waals surface area contributed by atoms with E-state index in [0.29, 0.717) is 11.1 Å². The lowest BCUT2D eigenvalue weighted by molar-refractivity contribution is -0.277. The SMILES string of the molecule is O=c1c(OC2OC(CO)C(O)C(O)C2O)c(-c2ccccc2)oc2ccccc12. The average Bonchev–Trinajstić information content (AvgIpc) is 2.76. The quantitative estimate of drug-likeness (QED) is 0.502. The molecule has 29 heavy (non-hydrogen) atoms. The van der Waals surface area contributed by atoms with Crippen molar-refractivity contribution in [1.82, 2.24) is 0 Å². The average molecular weight is 400 g/mol. The number of ether oxygens (including phenoxy) is 2. The lowest BCUT2D eigenvalue weighted by Crippen LogP contribution is -2.60. The molecular weight excluding hydrogens is 380 g/mol. The Balaban J connectivity index is 1.82. The minimum atomic E-state index is -1.65. The minimum Gasteiger partial charge on any atom is -0.454 e. The molecule has 5 atom stereocenters. The molecule has 0 amide bonds. The van der Waals surface area contributed by atoms with Gasteiger partial charge in [0.15, 0.2) is 5.76 Å². The lowest BCUT2D eigenvalue weighted by atomic mass is 9.99. The van der Waals surface area contributed by atoms with Crippen molar-refractivity contribution < 1.29 is 34.3 Å². The van der Waals surface area contributed by atoms with Gasteiger partial charge in [0, 0.05) is 5.56 Å².